The van der Waals surface area contributed by atoms with Gasteiger partial charge in [-0.1, -0.05) is 55.4 Å². The van der Waals surface area contributed by atoms with E-state index < -0.39 is 35.4 Å². The summed E-state index contributed by atoms with van der Waals surface area (Å²) < 4.78 is 17.9. The minimum absolute atomic E-state index is 0.0805. The first-order chi connectivity index (χ1) is 19.2. The molecule has 0 aromatic heterocycles. The molecule has 8 nitrogen and oxygen atoms in total. The van der Waals surface area contributed by atoms with Crippen molar-refractivity contribution in [2.24, 2.45) is 41.4 Å². The summed E-state index contributed by atoms with van der Waals surface area (Å²) in [5.41, 5.74) is 0. The van der Waals surface area contributed by atoms with Crippen LogP contribution in [-0.4, -0.2) is 71.5 Å². The number of hydrogen-bond acceptors (Lipinski definition) is 7. The third-order valence-electron chi connectivity index (χ3n) is 10.2. The number of esters is 1. The number of hydrogen-bond donors (Lipinski definition) is 1. The Labute approximate surface area is 248 Å². The quantitative estimate of drug-likeness (QED) is 0.274. The van der Waals surface area contributed by atoms with Gasteiger partial charge in [-0.05, 0) is 86.9 Å². The number of nitrogens with zero attached hydrogens (tertiary/aromatic N) is 1. The van der Waals surface area contributed by atoms with E-state index in [0.717, 1.165) is 32.1 Å². The van der Waals surface area contributed by atoms with Crippen LogP contribution in [0.25, 0.3) is 0 Å². The summed E-state index contributed by atoms with van der Waals surface area (Å²) in [6, 6.07) is -0.843. The zero-order chi connectivity index (χ0) is 30.6. The van der Waals surface area contributed by atoms with Crippen LogP contribution in [0.3, 0.4) is 0 Å². The van der Waals surface area contributed by atoms with E-state index in [1.165, 1.54) is 4.90 Å². The minimum Gasteiger partial charge on any atom is -0.460 e. The summed E-state index contributed by atoms with van der Waals surface area (Å²) in [5.74, 6) is -3.45. The van der Waals surface area contributed by atoms with Crippen molar-refractivity contribution in [2.45, 2.75) is 137 Å². The lowest BCUT2D eigenvalue weighted by Gasteiger charge is -2.46. The Morgan fingerprint density at radius 3 is 2.27 bits per heavy atom. The van der Waals surface area contributed by atoms with Crippen molar-refractivity contribution in [3.8, 4) is 0 Å². The topological polar surface area (TPSA) is 102 Å². The molecule has 41 heavy (non-hydrogen) atoms. The van der Waals surface area contributed by atoms with Gasteiger partial charge >= 0.3 is 5.97 Å². The van der Waals surface area contributed by atoms with E-state index in [1.54, 1.807) is 14.0 Å². The van der Waals surface area contributed by atoms with E-state index in [1.807, 2.05) is 20.8 Å². The van der Waals surface area contributed by atoms with Gasteiger partial charge in [0.1, 0.15) is 12.1 Å². The van der Waals surface area contributed by atoms with E-state index >= 15 is 0 Å². The van der Waals surface area contributed by atoms with E-state index in [9.17, 15) is 19.5 Å². The maximum atomic E-state index is 13.7. The maximum Gasteiger partial charge on any atom is 0.329 e. The van der Waals surface area contributed by atoms with Crippen LogP contribution in [0.4, 0.5) is 0 Å². The van der Waals surface area contributed by atoms with Crippen LogP contribution in [0.15, 0.2) is 0 Å². The highest BCUT2D eigenvalue weighted by Crippen LogP contribution is 2.40. The number of rotatable bonds is 10. The number of aliphatic hydroxyl groups is 1. The molecule has 2 saturated heterocycles. The number of carbonyl (C=O) groups excluding carboxylic acids is 3. The van der Waals surface area contributed by atoms with Gasteiger partial charge in [0.15, 0.2) is 0 Å². The lowest BCUT2D eigenvalue weighted by atomic mass is 9.75. The summed E-state index contributed by atoms with van der Waals surface area (Å²) >= 11 is 0. The number of carbonyl (C=O) groups is 3. The summed E-state index contributed by atoms with van der Waals surface area (Å²) in [5, 5.41) is 11.4. The van der Waals surface area contributed by atoms with Gasteiger partial charge in [-0.15, -0.1) is 0 Å². The molecule has 1 saturated carbocycles. The third-order valence-corrected chi connectivity index (χ3v) is 10.2. The molecule has 0 aromatic rings. The Balaban J connectivity index is 1.71. The molecule has 3 rings (SSSR count). The second-order valence-electron chi connectivity index (χ2n) is 14.3. The SMILES string of the molecule is COC1CC(CC(C)C(OC(=O)C2CCCCN2C(=O)C(=O)C2(O)OC(C(C)C)C(C)CC2C)C(C)C)CCC1C. The van der Waals surface area contributed by atoms with E-state index in [4.69, 9.17) is 14.2 Å². The first-order valence-corrected chi connectivity index (χ1v) is 16.2. The molecular weight excluding hydrogens is 522 g/mol. The molecule has 2 heterocycles. The van der Waals surface area contributed by atoms with Crippen molar-refractivity contribution in [3.05, 3.63) is 0 Å². The lowest BCUT2D eigenvalue weighted by Crippen LogP contribution is -2.62. The van der Waals surface area contributed by atoms with Crippen LogP contribution in [0.2, 0.25) is 0 Å². The smallest absolute Gasteiger partial charge is 0.329 e. The number of Topliss-reactive ketones (excluding diaryl/α,β-unsaturated/α-hetero) is 1. The van der Waals surface area contributed by atoms with E-state index in [2.05, 4.69) is 27.7 Å². The van der Waals surface area contributed by atoms with Gasteiger partial charge in [0.25, 0.3) is 11.7 Å². The number of ketones is 1. The Morgan fingerprint density at radius 2 is 1.66 bits per heavy atom. The van der Waals surface area contributed by atoms with Crippen molar-refractivity contribution in [3.63, 3.8) is 0 Å². The lowest BCUT2D eigenvalue weighted by molar-refractivity contribution is -0.280. The Hall–Kier alpha value is -1.51. The summed E-state index contributed by atoms with van der Waals surface area (Å²) in [6.07, 6.45) is 6.36. The number of likely N-dealkylation sites (tertiary alicyclic amines) is 1. The van der Waals surface area contributed by atoms with Crippen LogP contribution in [0, 0.1) is 41.4 Å². The second kappa shape index (κ2) is 14.3. The molecule has 3 aliphatic rings. The molecule has 8 heteroatoms. The summed E-state index contributed by atoms with van der Waals surface area (Å²) in [4.78, 5) is 42.2. The van der Waals surface area contributed by atoms with Crippen molar-refractivity contribution in [1.29, 1.82) is 0 Å². The van der Waals surface area contributed by atoms with Crippen LogP contribution < -0.4 is 0 Å². The average Bonchev–Trinajstić information content (AvgIpc) is 2.93. The van der Waals surface area contributed by atoms with E-state index in [0.29, 0.717) is 31.1 Å². The molecule has 3 fully saturated rings. The zero-order valence-electron chi connectivity index (χ0n) is 27.1. The predicted molar refractivity (Wildman–Crippen MR) is 158 cm³/mol. The van der Waals surface area contributed by atoms with Gasteiger partial charge in [-0.2, -0.15) is 0 Å². The highest BCUT2D eigenvalue weighted by molar-refractivity contribution is 6.39. The fourth-order valence-electron chi connectivity index (χ4n) is 7.75. The van der Waals surface area contributed by atoms with Crippen molar-refractivity contribution in [2.75, 3.05) is 13.7 Å². The van der Waals surface area contributed by atoms with Crippen molar-refractivity contribution >= 4 is 17.7 Å². The van der Waals surface area contributed by atoms with Crippen LogP contribution >= 0.6 is 0 Å². The molecule has 0 bridgehead atoms. The highest BCUT2D eigenvalue weighted by Gasteiger charge is 2.54. The maximum absolute atomic E-state index is 13.7. The first-order valence-electron chi connectivity index (χ1n) is 16.2. The number of methoxy groups -OCH3 is 1. The summed E-state index contributed by atoms with van der Waals surface area (Å²) in [7, 11) is 1.79. The number of piperidine rings is 1. The normalized spacial score (nSPS) is 36.2. The van der Waals surface area contributed by atoms with Gasteiger partial charge < -0.3 is 24.2 Å². The molecule has 1 N–H and O–H groups in total. The minimum atomic E-state index is -2.20. The van der Waals surface area contributed by atoms with Gasteiger partial charge in [0.05, 0.1) is 12.2 Å². The van der Waals surface area contributed by atoms with Crippen molar-refractivity contribution < 1.29 is 33.7 Å². The molecule has 2 aliphatic heterocycles. The molecule has 1 aliphatic carbocycles. The largest absolute Gasteiger partial charge is 0.460 e. The van der Waals surface area contributed by atoms with E-state index in [-0.39, 0.29) is 48.5 Å². The van der Waals surface area contributed by atoms with Crippen LogP contribution in [-0.2, 0) is 28.6 Å². The molecular formula is C33H57NO7. The molecule has 236 valence electrons. The third kappa shape index (κ3) is 7.72. The molecule has 1 amide bonds. The summed E-state index contributed by atoms with van der Waals surface area (Å²) in [6.45, 7) is 16.6. The molecule has 0 spiro atoms. The van der Waals surface area contributed by atoms with Crippen LogP contribution in [0.5, 0.6) is 0 Å². The average molecular weight is 580 g/mol. The van der Waals surface area contributed by atoms with Crippen LogP contribution in [0.1, 0.15) is 107 Å². The van der Waals surface area contributed by atoms with Gasteiger partial charge in [-0.3, -0.25) is 9.59 Å². The number of ether oxygens (including phenoxy) is 3. The van der Waals surface area contributed by atoms with Gasteiger partial charge in [-0.25, -0.2) is 4.79 Å². The molecule has 0 aromatic carbocycles. The number of amides is 1. The predicted octanol–water partition coefficient (Wildman–Crippen LogP) is 5.39. The highest BCUT2D eigenvalue weighted by atomic mass is 16.6. The Morgan fingerprint density at radius 1 is 0.976 bits per heavy atom. The van der Waals surface area contributed by atoms with Gasteiger partial charge in [0.2, 0.25) is 5.79 Å². The standard InChI is InChI=1S/C33H57NO7/c1-19(2)28(23(7)17-25-14-13-21(5)27(18-25)39-9)40-32(37)26-12-10-11-15-34(26)31(36)30(35)33(38)24(8)16-22(6)29(41-33)20(3)4/h19-29,38H,10-18H2,1-9H3. The molecule has 10 atom stereocenters. The fourth-order valence-corrected chi connectivity index (χ4v) is 7.75. The fraction of sp³-hybridized carbons (Fsp3) is 0.909. The second-order valence-corrected chi connectivity index (χ2v) is 14.3. The molecule has 10 unspecified atom stereocenters. The first kappa shape index (κ1) is 34.0. The molecule has 0 radical (unpaired) electrons. The Kier molecular flexibility index (Phi) is 11.9. The monoisotopic (exact) mass is 579 g/mol. The van der Waals surface area contributed by atoms with Crippen molar-refractivity contribution in [1.82, 2.24) is 4.90 Å². The zero-order valence-corrected chi connectivity index (χ0v) is 27.1. The Bertz CT molecular complexity index is 906. The van der Waals surface area contributed by atoms with Gasteiger partial charge in [0, 0.05) is 19.6 Å².